The summed E-state index contributed by atoms with van der Waals surface area (Å²) < 4.78 is 6.67. The highest BCUT2D eigenvalue weighted by atomic mass is 127. The Morgan fingerprint density at radius 2 is 2.06 bits per heavy atom. The Bertz CT molecular complexity index is 590. The monoisotopic (exact) mass is 336 g/mol. The van der Waals surface area contributed by atoms with Crippen LogP contribution in [0.15, 0.2) is 36.4 Å². The van der Waals surface area contributed by atoms with E-state index in [1.165, 1.54) is 0 Å². The third-order valence-electron chi connectivity index (χ3n) is 2.11. The molecule has 0 N–H and O–H groups in total. The van der Waals surface area contributed by atoms with Crippen LogP contribution in [0, 0.1) is 21.8 Å². The van der Waals surface area contributed by atoms with Crippen LogP contribution in [-0.4, -0.2) is 4.98 Å². The number of benzene rings is 1. The van der Waals surface area contributed by atoms with Crippen LogP contribution < -0.4 is 4.74 Å². The van der Waals surface area contributed by atoms with Crippen LogP contribution in [0.3, 0.4) is 0 Å². The third kappa shape index (κ3) is 2.94. The SMILES string of the molecule is Cc1cc(C#N)cc(Oc2ccccc2I)n1. The molecule has 0 saturated heterocycles. The molecule has 3 nitrogen and oxygen atoms in total. The number of rotatable bonds is 2. The van der Waals surface area contributed by atoms with E-state index < -0.39 is 0 Å². The second-order valence-corrected chi connectivity index (χ2v) is 4.64. The Balaban J connectivity index is 2.34. The highest BCUT2D eigenvalue weighted by molar-refractivity contribution is 14.1. The van der Waals surface area contributed by atoms with Crippen LogP contribution in [0.2, 0.25) is 0 Å². The number of aryl methyl sites for hydroxylation is 1. The zero-order valence-corrected chi connectivity index (χ0v) is 11.3. The average Bonchev–Trinajstić information content (AvgIpc) is 2.31. The van der Waals surface area contributed by atoms with E-state index in [9.17, 15) is 0 Å². The van der Waals surface area contributed by atoms with Gasteiger partial charge in [0.2, 0.25) is 5.88 Å². The maximum absolute atomic E-state index is 8.87. The first-order valence-corrected chi connectivity index (χ1v) is 6.08. The number of para-hydroxylation sites is 1. The first-order chi connectivity index (χ1) is 8.19. The van der Waals surface area contributed by atoms with Gasteiger partial charge >= 0.3 is 0 Å². The van der Waals surface area contributed by atoms with Gasteiger partial charge < -0.3 is 4.74 Å². The summed E-state index contributed by atoms with van der Waals surface area (Å²) in [5.74, 6) is 1.20. The van der Waals surface area contributed by atoms with Crippen molar-refractivity contribution in [3.8, 4) is 17.7 Å². The molecule has 0 bridgehead atoms. The minimum absolute atomic E-state index is 0.450. The lowest BCUT2D eigenvalue weighted by molar-refractivity contribution is 0.458. The van der Waals surface area contributed by atoms with Crippen molar-refractivity contribution in [1.29, 1.82) is 5.26 Å². The van der Waals surface area contributed by atoms with Crippen LogP contribution in [0.4, 0.5) is 0 Å². The molecule has 4 heteroatoms. The number of ether oxygens (including phenoxy) is 1. The molecule has 17 heavy (non-hydrogen) atoms. The van der Waals surface area contributed by atoms with Crippen molar-refractivity contribution in [1.82, 2.24) is 4.98 Å². The van der Waals surface area contributed by atoms with Gasteiger partial charge in [0.1, 0.15) is 5.75 Å². The standard InChI is InChI=1S/C13H9IN2O/c1-9-6-10(8-15)7-13(16-9)17-12-5-3-2-4-11(12)14/h2-7H,1H3. The van der Waals surface area contributed by atoms with Gasteiger partial charge in [0.05, 0.1) is 15.2 Å². The maximum Gasteiger partial charge on any atom is 0.220 e. The number of aromatic nitrogens is 1. The Labute approximate surface area is 113 Å². The lowest BCUT2D eigenvalue weighted by atomic mass is 10.2. The number of pyridine rings is 1. The fourth-order valence-corrected chi connectivity index (χ4v) is 1.89. The zero-order chi connectivity index (χ0) is 12.3. The predicted octanol–water partition coefficient (Wildman–Crippen LogP) is 3.66. The molecule has 0 amide bonds. The van der Waals surface area contributed by atoms with Gasteiger partial charge in [-0.25, -0.2) is 4.98 Å². The van der Waals surface area contributed by atoms with E-state index in [0.29, 0.717) is 11.4 Å². The molecule has 0 aliphatic rings. The van der Waals surface area contributed by atoms with Crippen LogP contribution in [-0.2, 0) is 0 Å². The molecular weight excluding hydrogens is 327 g/mol. The third-order valence-corrected chi connectivity index (χ3v) is 3.00. The van der Waals surface area contributed by atoms with E-state index in [1.807, 2.05) is 31.2 Å². The average molecular weight is 336 g/mol. The van der Waals surface area contributed by atoms with E-state index in [2.05, 4.69) is 33.6 Å². The summed E-state index contributed by atoms with van der Waals surface area (Å²) in [5, 5.41) is 8.87. The molecule has 1 aromatic carbocycles. The number of nitrogens with zero attached hydrogens (tertiary/aromatic N) is 2. The topological polar surface area (TPSA) is 45.9 Å². The summed E-state index contributed by atoms with van der Waals surface area (Å²) in [6.45, 7) is 1.84. The van der Waals surface area contributed by atoms with Gasteiger partial charge in [0.15, 0.2) is 0 Å². The van der Waals surface area contributed by atoms with E-state index in [0.717, 1.165) is 15.0 Å². The maximum atomic E-state index is 8.87. The Morgan fingerprint density at radius 3 is 2.76 bits per heavy atom. The van der Waals surface area contributed by atoms with Crippen LogP contribution in [0.25, 0.3) is 0 Å². The first kappa shape index (κ1) is 11.9. The number of halogens is 1. The van der Waals surface area contributed by atoms with Crippen LogP contribution in [0.5, 0.6) is 11.6 Å². The number of nitriles is 1. The molecule has 0 fully saturated rings. The normalized spacial score (nSPS) is 9.71. The Morgan fingerprint density at radius 1 is 1.29 bits per heavy atom. The Kier molecular flexibility index (Phi) is 3.59. The minimum atomic E-state index is 0.450. The highest BCUT2D eigenvalue weighted by Gasteiger charge is 2.04. The summed E-state index contributed by atoms with van der Waals surface area (Å²) in [6.07, 6.45) is 0. The van der Waals surface area contributed by atoms with Crippen molar-refractivity contribution in [3.05, 3.63) is 51.2 Å². The largest absolute Gasteiger partial charge is 0.438 e. The zero-order valence-electron chi connectivity index (χ0n) is 9.14. The van der Waals surface area contributed by atoms with Crippen molar-refractivity contribution in [2.45, 2.75) is 6.92 Å². The molecule has 0 unspecified atom stereocenters. The summed E-state index contributed by atoms with van der Waals surface area (Å²) in [5.41, 5.74) is 1.32. The number of hydrogen-bond donors (Lipinski definition) is 0. The van der Waals surface area contributed by atoms with Crippen LogP contribution in [0.1, 0.15) is 11.3 Å². The van der Waals surface area contributed by atoms with Gasteiger partial charge in [0.25, 0.3) is 0 Å². The van der Waals surface area contributed by atoms with Crippen LogP contribution >= 0.6 is 22.6 Å². The summed E-state index contributed by atoms with van der Waals surface area (Å²) in [4.78, 5) is 4.24. The molecule has 0 atom stereocenters. The first-order valence-electron chi connectivity index (χ1n) is 5.00. The second kappa shape index (κ2) is 5.15. The van der Waals surface area contributed by atoms with E-state index in [1.54, 1.807) is 12.1 Å². The molecule has 1 heterocycles. The van der Waals surface area contributed by atoms with E-state index in [-0.39, 0.29) is 0 Å². The van der Waals surface area contributed by atoms with Gasteiger partial charge in [-0.05, 0) is 47.7 Å². The molecule has 0 radical (unpaired) electrons. The fraction of sp³-hybridized carbons (Fsp3) is 0.0769. The molecule has 0 aliphatic carbocycles. The lowest BCUT2D eigenvalue weighted by Crippen LogP contribution is -1.93. The van der Waals surface area contributed by atoms with E-state index in [4.69, 9.17) is 10.00 Å². The molecule has 0 saturated carbocycles. The van der Waals surface area contributed by atoms with Gasteiger partial charge in [-0.1, -0.05) is 12.1 Å². The molecular formula is C13H9IN2O. The predicted molar refractivity (Wildman–Crippen MR) is 72.9 cm³/mol. The highest BCUT2D eigenvalue weighted by Crippen LogP contribution is 2.25. The fourth-order valence-electron chi connectivity index (χ4n) is 1.40. The summed E-state index contributed by atoms with van der Waals surface area (Å²) in [6, 6.07) is 13.1. The van der Waals surface area contributed by atoms with Gasteiger partial charge in [-0.3, -0.25) is 0 Å². The van der Waals surface area contributed by atoms with Crippen molar-refractivity contribution < 1.29 is 4.74 Å². The molecule has 2 aromatic rings. The van der Waals surface area contributed by atoms with Gasteiger partial charge in [0, 0.05) is 11.8 Å². The number of hydrogen-bond acceptors (Lipinski definition) is 3. The smallest absolute Gasteiger partial charge is 0.220 e. The molecule has 0 spiro atoms. The van der Waals surface area contributed by atoms with Crippen molar-refractivity contribution in [3.63, 3.8) is 0 Å². The molecule has 2 rings (SSSR count). The van der Waals surface area contributed by atoms with E-state index >= 15 is 0 Å². The minimum Gasteiger partial charge on any atom is -0.438 e. The molecule has 1 aromatic heterocycles. The van der Waals surface area contributed by atoms with Gasteiger partial charge in [-0.15, -0.1) is 0 Å². The van der Waals surface area contributed by atoms with Crippen molar-refractivity contribution in [2.24, 2.45) is 0 Å². The van der Waals surface area contributed by atoms with Crippen molar-refractivity contribution >= 4 is 22.6 Å². The van der Waals surface area contributed by atoms with Crippen molar-refractivity contribution in [2.75, 3.05) is 0 Å². The lowest BCUT2D eigenvalue weighted by Gasteiger charge is -2.07. The van der Waals surface area contributed by atoms with Gasteiger partial charge in [-0.2, -0.15) is 5.26 Å². The quantitative estimate of drug-likeness (QED) is 0.787. The molecule has 0 aliphatic heterocycles. The summed E-state index contributed by atoms with van der Waals surface area (Å²) >= 11 is 2.20. The second-order valence-electron chi connectivity index (χ2n) is 3.48. The Hall–Kier alpha value is -1.61. The molecule has 84 valence electrons. The summed E-state index contributed by atoms with van der Waals surface area (Å²) in [7, 11) is 0.